The zero-order chi connectivity index (χ0) is 11.4. The summed E-state index contributed by atoms with van der Waals surface area (Å²) >= 11 is 10.5. The fourth-order valence-corrected chi connectivity index (χ4v) is 3.21. The van der Waals surface area contributed by atoms with E-state index < -0.39 is 6.42 Å². The van der Waals surface area contributed by atoms with Crippen LogP contribution in [0.25, 0.3) is 0 Å². The molecule has 3 nitrogen and oxygen atoms in total. The third-order valence-electron chi connectivity index (χ3n) is 1.68. The van der Waals surface area contributed by atoms with Crippen molar-refractivity contribution in [2.45, 2.75) is 20.0 Å². The van der Waals surface area contributed by atoms with Crippen molar-refractivity contribution < 1.29 is 4.52 Å². The van der Waals surface area contributed by atoms with Gasteiger partial charge in [-0.2, -0.15) is 0 Å². The van der Waals surface area contributed by atoms with Crippen LogP contribution in [0.4, 0.5) is 0 Å². The lowest BCUT2D eigenvalue weighted by Gasteiger charge is -2.30. The van der Waals surface area contributed by atoms with Crippen LogP contribution in [0.5, 0.6) is 0 Å². The molecule has 1 atom stereocenters. The van der Waals surface area contributed by atoms with Gasteiger partial charge < -0.3 is 9.84 Å². The van der Waals surface area contributed by atoms with Crippen LogP contribution >= 0.6 is 18.6 Å². The van der Waals surface area contributed by atoms with E-state index in [1.54, 1.807) is 0 Å². The van der Waals surface area contributed by atoms with Gasteiger partial charge in [0.25, 0.3) is 0 Å². The molecular weight excluding hydrogens is 235 g/mol. The van der Waals surface area contributed by atoms with E-state index in [0.717, 1.165) is 4.99 Å². The van der Waals surface area contributed by atoms with E-state index in [1.165, 1.54) is 0 Å². The van der Waals surface area contributed by atoms with E-state index in [-0.39, 0.29) is 6.10 Å². The van der Waals surface area contributed by atoms with Crippen molar-refractivity contribution in [2.24, 2.45) is 0 Å². The van der Waals surface area contributed by atoms with Crippen molar-refractivity contribution >= 4 is 35.4 Å². The molecule has 0 heterocycles. The van der Waals surface area contributed by atoms with Crippen LogP contribution in [0.15, 0.2) is 0 Å². The summed E-state index contributed by atoms with van der Waals surface area (Å²) in [7, 11) is 3.77. The zero-order valence-electron chi connectivity index (χ0n) is 9.40. The monoisotopic (exact) mass is 254 g/mol. The van der Waals surface area contributed by atoms with Gasteiger partial charge in [0.1, 0.15) is 6.42 Å². The summed E-state index contributed by atoms with van der Waals surface area (Å²) in [5.74, 6) is 0. The summed E-state index contributed by atoms with van der Waals surface area (Å²) in [6, 6.07) is 0. The van der Waals surface area contributed by atoms with Crippen molar-refractivity contribution in [2.75, 3.05) is 27.3 Å². The van der Waals surface area contributed by atoms with Gasteiger partial charge in [-0.3, -0.25) is 4.67 Å². The van der Waals surface area contributed by atoms with Crippen molar-refractivity contribution in [3.8, 4) is 0 Å². The number of hydrogen-bond donors (Lipinski definition) is 1. The lowest BCUT2D eigenvalue weighted by molar-refractivity contribution is 0.252. The van der Waals surface area contributed by atoms with Gasteiger partial charge in [0.05, 0.1) is 17.6 Å². The smallest absolute Gasteiger partial charge is 0.129 e. The first-order valence-corrected chi connectivity index (χ1v) is 8.00. The van der Waals surface area contributed by atoms with E-state index in [0.29, 0.717) is 6.54 Å². The predicted molar refractivity (Wildman–Crippen MR) is 70.7 cm³/mol. The standard InChI is InChI=1S/C8H19N2OPS2/c1-7(2)11-12(5,14)10(4)6-8(13)9-3/h7H,6H2,1-5H3,(H,9,13). The number of nitrogens with zero attached hydrogens (tertiary/aromatic N) is 1. The Kier molecular flexibility index (Phi) is 6.33. The van der Waals surface area contributed by atoms with E-state index >= 15 is 0 Å². The molecule has 1 unspecified atom stereocenters. The Morgan fingerprint density at radius 2 is 2.07 bits per heavy atom. The lowest BCUT2D eigenvalue weighted by Crippen LogP contribution is -2.30. The maximum absolute atomic E-state index is 5.71. The Morgan fingerprint density at radius 1 is 1.57 bits per heavy atom. The van der Waals surface area contributed by atoms with E-state index in [1.807, 2.05) is 39.3 Å². The Bertz CT molecular complexity index is 245. The molecular formula is C8H19N2OPS2. The van der Waals surface area contributed by atoms with E-state index in [4.69, 9.17) is 28.5 Å². The number of hydrogen-bond acceptors (Lipinski definition) is 3. The summed E-state index contributed by atoms with van der Waals surface area (Å²) in [5, 5.41) is 2.93. The van der Waals surface area contributed by atoms with Crippen molar-refractivity contribution in [1.82, 2.24) is 9.99 Å². The zero-order valence-corrected chi connectivity index (χ0v) is 11.9. The second-order valence-electron chi connectivity index (χ2n) is 3.45. The van der Waals surface area contributed by atoms with Crippen LogP contribution in [0, 0.1) is 0 Å². The van der Waals surface area contributed by atoms with Gasteiger partial charge in [-0.05, 0) is 20.9 Å². The average molecular weight is 254 g/mol. The SMILES string of the molecule is CNC(=S)CN(C)P(C)(=S)OC(C)C. The Hall–Kier alpha value is 0.460. The molecule has 0 spiro atoms. The molecule has 0 fully saturated rings. The second kappa shape index (κ2) is 6.13. The molecule has 0 aromatic rings. The third kappa shape index (κ3) is 5.37. The maximum atomic E-state index is 5.71. The van der Waals surface area contributed by atoms with Gasteiger partial charge in [0.15, 0.2) is 0 Å². The first-order valence-electron chi connectivity index (χ1n) is 4.47. The summed E-state index contributed by atoms with van der Waals surface area (Å²) in [6.45, 7) is 6.62. The van der Waals surface area contributed by atoms with Gasteiger partial charge in [-0.15, -0.1) is 0 Å². The number of thiocarbonyl (C=S) groups is 1. The van der Waals surface area contributed by atoms with Crippen LogP contribution in [-0.4, -0.2) is 43.1 Å². The minimum absolute atomic E-state index is 0.163. The van der Waals surface area contributed by atoms with Gasteiger partial charge >= 0.3 is 0 Å². The topological polar surface area (TPSA) is 24.5 Å². The first kappa shape index (κ1) is 14.5. The van der Waals surface area contributed by atoms with Gasteiger partial charge in [-0.25, -0.2) is 0 Å². The highest BCUT2D eigenvalue weighted by molar-refractivity contribution is 8.10. The van der Waals surface area contributed by atoms with Gasteiger partial charge in [0, 0.05) is 13.7 Å². The first-order chi connectivity index (χ1) is 6.29. The third-order valence-corrected chi connectivity index (χ3v) is 5.30. The summed E-state index contributed by atoms with van der Waals surface area (Å²) in [6.07, 6.45) is -1.70. The fourth-order valence-electron chi connectivity index (χ4n) is 0.887. The molecule has 0 bridgehead atoms. The Morgan fingerprint density at radius 3 is 2.43 bits per heavy atom. The molecule has 84 valence electrons. The molecule has 0 aromatic heterocycles. The van der Waals surface area contributed by atoms with Crippen molar-refractivity contribution in [3.05, 3.63) is 0 Å². The van der Waals surface area contributed by atoms with E-state index in [9.17, 15) is 0 Å². The van der Waals surface area contributed by atoms with Gasteiger partial charge in [-0.1, -0.05) is 24.0 Å². The van der Waals surface area contributed by atoms with E-state index in [2.05, 4.69) is 5.32 Å². The minimum Gasteiger partial charge on any atom is -0.382 e. The van der Waals surface area contributed by atoms with Crippen LogP contribution in [0.3, 0.4) is 0 Å². The van der Waals surface area contributed by atoms with Crippen molar-refractivity contribution in [3.63, 3.8) is 0 Å². The molecule has 0 aromatic carbocycles. The number of rotatable bonds is 5. The minimum atomic E-state index is -1.87. The molecule has 0 aliphatic heterocycles. The van der Waals surface area contributed by atoms with Crippen LogP contribution in [0.2, 0.25) is 0 Å². The van der Waals surface area contributed by atoms with Crippen LogP contribution < -0.4 is 5.32 Å². The second-order valence-corrected chi connectivity index (χ2v) is 8.47. The quantitative estimate of drug-likeness (QED) is 0.596. The molecule has 14 heavy (non-hydrogen) atoms. The number of nitrogens with one attached hydrogen (secondary N) is 1. The van der Waals surface area contributed by atoms with Crippen molar-refractivity contribution in [1.29, 1.82) is 0 Å². The summed E-state index contributed by atoms with van der Waals surface area (Å²) < 4.78 is 7.72. The van der Waals surface area contributed by atoms with Crippen LogP contribution in [-0.2, 0) is 16.3 Å². The molecule has 6 heteroatoms. The molecule has 0 saturated carbocycles. The fraction of sp³-hybridized carbons (Fsp3) is 0.875. The molecule has 0 aliphatic carbocycles. The molecule has 0 aliphatic rings. The largest absolute Gasteiger partial charge is 0.382 e. The average Bonchev–Trinajstić information content (AvgIpc) is 2.01. The Labute approximate surface area is 97.3 Å². The predicted octanol–water partition coefficient (Wildman–Crippen LogP) is 1.83. The van der Waals surface area contributed by atoms with Crippen LogP contribution in [0.1, 0.15) is 13.8 Å². The Balaban J connectivity index is 4.28. The highest BCUT2D eigenvalue weighted by atomic mass is 32.4. The highest BCUT2D eigenvalue weighted by Gasteiger charge is 2.19. The normalized spacial score (nSPS) is 15.6. The maximum Gasteiger partial charge on any atom is 0.129 e. The van der Waals surface area contributed by atoms with Gasteiger partial charge in [0.2, 0.25) is 0 Å². The molecule has 1 N–H and O–H groups in total. The molecule has 0 rings (SSSR count). The summed E-state index contributed by atoms with van der Waals surface area (Å²) in [4.78, 5) is 0.788. The summed E-state index contributed by atoms with van der Waals surface area (Å²) in [5.41, 5.74) is 0. The molecule has 0 amide bonds. The molecule has 0 radical (unpaired) electrons. The number of likely N-dealkylation sites (N-methyl/N-ethyl adjacent to an activating group) is 2. The lowest BCUT2D eigenvalue weighted by atomic mass is 10.5. The highest BCUT2D eigenvalue weighted by Crippen LogP contribution is 2.46. The molecule has 0 saturated heterocycles.